The first-order valence-corrected chi connectivity index (χ1v) is 15.5. The van der Waals surface area contributed by atoms with Crippen LogP contribution in [0.2, 0.25) is 0 Å². The van der Waals surface area contributed by atoms with Crippen LogP contribution in [0.1, 0.15) is 63.9 Å². The number of amides is 1. The fourth-order valence-corrected chi connectivity index (χ4v) is 5.97. The van der Waals surface area contributed by atoms with Gasteiger partial charge in [0.15, 0.2) is 5.13 Å². The minimum Gasteiger partial charge on any atom is -0.507 e. The Bertz CT molecular complexity index is 1740. The summed E-state index contributed by atoms with van der Waals surface area (Å²) < 4.78 is 16.8. The predicted molar refractivity (Wildman–Crippen MR) is 172 cm³/mol. The number of esters is 1. The number of aryl methyl sites for hydroxylation is 2. The van der Waals surface area contributed by atoms with Crippen LogP contribution in [-0.2, 0) is 20.9 Å². The van der Waals surface area contributed by atoms with Crippen molar-refractivity contribution in [1.82, 2.24) is 4.98 Å². The smallest absolute Gasteiger partial charge is 0.350 e. The number of nitrogens with zero attached hydrogens (tertiary/aromatic N) is 2. The summed E-state index contributed by atoms with van der Waals surface area (Å²) in [6.07, 6.45) is 0.837. The summed E-state index contributed by atoms with van der Waals surface area (Å²) in [5, 5.41) is 11.7. The number of carbonyl (C=O) groups is 3. The Morgan fingerprint density at radius 3 is 2.27 bits per heavy atom. The Hall–Kier alpha value is -4.96. The van der Waals surface area contributed by atoms with E-state index in [1.165, 1.54) is 4.90 Å². The lowest BCUT2D eigenvalue weighted by Gasteiger charge is -2.23. The number of benzene rings is 3. The summed E-state index contributed by atoms with van der Waals surface area (Å²) >= 11 is 0.961. The number of hydrogen-bond donors (Lipinski definition) is 1. The molecule has 4 aromatic rings. The van der Waals surface area contributed by atoms with Gasteiger partial charge in [0.1, 0.15) is 28.7 Å². The van der Waals surface area contributed by atoms with Gasteiger partial charge in [-0.1, -0.05) is 54.7 Å². The second-order valence-corrected chi connectivity index (χ2v) is 11.4. The quantitative estimate of drug-likeness (QED) is 0.0825. The number of rotatable bonds is 11. The number of ether oxygens (including phenoxy) is 3. The summed E-state index contributed by atoms with van der Waals surface area (Å²) in [4.78, 5) is 45.7. The molecule has 1 aliphatic heterocycles. The van der Waals surface area contributed by atoms with Gasteiger partial charge >= 0.3 is 11.9 Å². The molecule has 0 bridgehead atoms. The van der Waals surface area contributed by atoms with Gasteiger partial charge in [-0.3, -0.25) is 14.5 Å². The molecule has 0 radical (unpaired) electrons. The number of carbonyl (C=O) groups excluding carboxylic acids is 3. The van der Waals surface area contributed by atoms with Gasteiger partial charge in [-0.25, -0.2) is 9.78 Å². The SMILES string of the molecule is CCCOc1ccc(C2C(=C(O)c3ccc(OCc4ccccc4C)cc3)C(=O)C(=O)N2c2nc(C)c(C(=O)OCC)s2)cc1. The van der Waals surface area contributed by atoms with E-state index in [1.807, 2.05) is 38.1 Å². The number of Topliss-reactive ketones (excluding diaryl/α,β-unsaturated/α-hetero) is 1. The lowest BCUT2D eigenvalue weighted by Crippen LogP contribution is -2.29. The predicted octanol–water partition coefficient (Wildman–Crippen LogP) is 6.93. The van der Waals surface area contributed by atoms with Crippen LogP contribution in [-0.4, -0.2) is 41.0 Å². The van der Waals surface area contributed by atoms with E-state index in [-0.39, 0.29) is 27.9 Å². The van der Waals surface area contributed by atoms with Crippen molar-refractivity contribution in [3.63, 3.8) is 0 Å². The Labute approximate surface area is 265 Å². The van der Waals surface area contributed by atoms with Gasteiger partial charge in [0, 0.05) is 5.56 Å². The second-order valence-electron chi connectivity index (χ2n) is 10.5. The van der Waals surface area contributed by atoms with E-state index in [9.17, 15) is 19.5 Å². The molecule has 1 unspecified atom stereocenters. The van der Waals surface area contributed by atoms with E-state index >= 15 is 0 Å². The van der Waals surface area contributed by atoms with Crippen LogP contribution < -0.4 is 14.4 Å². The van der Waals surface area contributed by atoms with Gasteiger partial charge in [0.25, 0.3) is 5.78 Å². The molecule has 3 aromatic carbocycles. The molecule has 1 atom stereocenters. The van der Waals surface area contributed by atoms with Gasteiger partial charge < -0.3 is 19.3 Å². The molecule has 1 aliphatic rings. The van der Waals surface area contributed by atoms with E-state index in [0.717, 1.165) is 28.9 Å². The zero-order valence-electron chi connectivity index (χ0n) is 25.5. The third kappa shape index (κ3) is 6.61. The Balaban J connectivity index is 1.53. The summed E-state index contributed by atoms with van der Waals surface area (Å²) in [6, 6.07) is 20.6. The first kappa shape index (κ1) is 31.5. The topological polar surface area (TPSA) is 115 Å². The van der Waals surface area contributed by atoms with Crippen LogP contribution in [0.25, 0.3) is 5.76 Å². The molecule has 0 spiro atoms. The highest BCUT2D eigenvalue weighted by Crippen LogP contribution is 2.44. The zero-order valence-corrected chi connectivity index (χ0v) is 26.3. The molecule has 10 heteroatoms. The molecule has 5 rings (SSSR count). The third-order valence-corrected chi connectivity index (χ3v) is 8.49. The van der Waals surface area contributed by atoms with Crippen LogP contribution in [0.3, 0.4) is 0 Å². The van der Waals surface area contributed by atoms with Gasteiger partial charge in [-0.05, 0) is 80.3 Å². The van der Waals surface area contributed by atoms with E-state index in [0.29, 0.717) is 41.5 Å². The van der Waals surface area contributed by atoms with E-state index in [4.69, 9.17) is 14.2 Å². The molecule has 232 valence electrons. The highest BCUT2D eigenvalue weighted by atomic mass is 32.1. The average molecular weight is 627 g/mol. The van der Waals surface area contributed by atoms with Crippen molar-refractivity contribution in [2.75, 3.05) is 18.1 Å². The van der Waals surface area contributed by atoms with E-state index in [2.05, 4.69) is 4.98 Å². The largest absolute Gasteiger partial charge is 0.507 e. The Morgan fingerprint density at radius 1 is 0.933 bits per heavy atom. The number of aromatic nitrogens is 1. The lowest BCUT2D eigenvalue weighted by atomic mass is 9.95. The van der Waals surface area contributed by atoms with Crippen LogP contribution in [0.4, 0.5) is 5.13 Å². The van der Waals surface area contributed by atoms with E-state index < -0.39 is 23.7 Å². The van der Waals surface area contributed by atoms with Crippen LogP contribution >= 0.6 is 11.3 Å². The number of hydrogen-bond acceptors (Lipinski definition) is 9. The molecule has 0 aliphatic carbocycles. The lowest BCUT2D eigenvalue weighted by molar-refractivity contribution is -0.132. The fourth-order valence-electron chi connectivity index (χ4n) is 4.98. The van der Waals surface area contributed by atoms with Gasteiger partial charge in [0.05, 0.1) is 30.5 Å². The normalized spacial score (nSPS) is 15.7. The Morgan fingerprint density at radius 2 is 1.60 bits per heavy atom. The molecular formula is C35H34N2O7S. The van der Waals surface area contributed by atoms with Crippen LogP contribution in [0.5, 0.6) is 11.5 Å². The van der Waals surface area contributed by atoms with Crippen molar-refractivity contribution in [3.8, 4) is 11.5 Å². The van der Waals surface area contributed by atoms with Crippen molar-refractivity contribution in [1.29, 1.82) is 0 Å². The van der Waals surface area contributed by atoms with Gasteiger partial charge in [-0.15, -0.1) is 0 Å². The molecule has 2 heterocycles. The first-order valence-electron chi connectivity index (χ1n) is 14.7. The maximum absolute atomic E-state index is 13.6. The van der Waals surface area contributed by atoms with E-state index in [1.54, 1.807) is 62.4 Å². The standard InChI is InChI=1S/C35H34N2O7S/c1-5-19-43-26-15-11-23(12-16-26)29-28(31(39)33(40)37(29)35-36-22(4)32(45-35)34(41)42-6-2)30(38)24-13-17-27(18-14-24)44-20-25-10-8-7-9-21(25)3/h7-18,29,38H,5-6,19-20H2,1-4H3. The summed E-state index contributed by atoms with van der Waals surface area (Å²) in [5.41, 5.74) is 3.35. The minimum absolute atomic E-state index is 0.0960. The molecule has 1 amide bonds. The molecule has 9 nitrogen and oxygen atoms in total. The van der Waals surface area contributed by atoms with Gasteiger partial charge in [-0.2, -0.15) is 0 Å². The van der Waals surface area contributed by atoms with Crippen molar-refractivity contribution in [2.24, 2.45) is 0 Å². The minimum atomic E-state index is -1.01. The summed E-state index contributed by atoms with van der Waals surface area (Å²) in [6.45, 7) is 8.45. The van der Waals surface area contributed by atoms with Crippen molar-refractivity contribution < 1.29 is 33.7 Å². The first-order chi connectivity index (χ1) is 21.7. The number of ketones is 1. The molecule has 0 saturated carbocycles. The monoisotopic (exact) mass is 626 g/mol. The van der Waals surface area contributed by atoms with Crippen molar-refractivity contribution >= 4 is 39.9 Å². The number of thiazole rings is 1. The number of aliphatic hydroxyl groups is 1. The van der Waals surface area contributed by atoms with Crippen molar-refractivity contribution in [3.05, 3.63) is 111 Å². The number of aliphatic hydroxyl groups excluding tert-OH is 1. The summed E-state index contributed by atoms with van der Waals surface area (Å²) in [5.74, 6) is -1.41. The molecule has 1 saturated heterocycles. The maximum atomic E-state index is 13.6. The fraction of sp³-hybridized carbons (Fsp3) is 0.257. The summed E-state index contributed by atoms with van der Waals surface area (Å²) in [7, 11) is 0. The molecule has 45 heavy (non-hydrogen) atoms. The maximum Gasteiger partial charge on any atom is 0.350 e. The average Bonchev–Trinajstić information content (AvgIpc) is 3.56. The van der Waals surface area contributed by atoms with Crippen LogP contribution in [0, 0.1) is 13.8 Å². The van der Waals surface area contributed by atoms with Gasteiger partial charge in [0.2, 0.25) is 0 Å². The second kappa shape index (κ2) is 13.8. The van der Waals surface area contributed by atoms with Crippen molar-refractivity contribution in [2.45, 2.75) is 46.8 Å². The molecular weight excluding hydrogens is 592 g/mol. The van der Waals surface area contributed by atoms with Crippen LogP contribution in [0.15, 0.2) is 78.4 Å². The third-order valence-electron chi connectivity index (χ3n) is 7.35. The molecule has 1 aromatic heterocycles. The molecule has 1 fully saturated rings. The molecule has 1 N–H and O–H groups in total. The highest BCUT2D eigenvalue weighted by Gasteiger charge is 2.48. The Kier molecular flexibility index (Phi) is 9.63. The highest BCUT2D eigenvalue weighted by molar-refractivity contribution is 7.17. The zero-order chi connectivity index (χ0) is 32.1. The number of anilines is 1.